The molecule has 1 saturated heterocycles. The Morgan fingerprint density at radius 1 is 1.33 bits per heavy atom. The van der Waals surface area contributed by atoms with Crippen molar-refractivity contribution in [2.24, 2.45) is 5.92 Å². The molecule has 0 aliphatic carbocycles. The van der Waals surface area contributed by atoms with Crippen LogP contribution in [-0.4, -0.2) is 29.1 Å². The maximum absolute atomic E-state index is 13.0. The minimum Gasteiger partial charge on any atom is -0.360 e. The van der Waals surface area contributed by atoms with E-state index >= 15 is 0 Å². The summed E-state index contributed by atoms with van der Waals surface area (Å²) in [6.45, 7) is 2.77. The Morgan fingerprint density at radius 2 is 1.96 bits per heavy atom. The number of carbonyl (C=O) groups excluding carboxylic acids is 1. The van der Waals surface area contributed by atoms with Gasteiger partial charge in [-0.25, -0.2) is 0 Å². The number of rotatable bonds is 2. The number of aryl methyl sites for hydroxylation is 1. The van der Waals surface area contributed by atoms with Crippen LogP contribution in [0.1, 0.15) is 29.0 Å². The van der Waals surface area contributed by atoms with Gasteiger partial charge in [0.05, 0.1) is 16.1 Å². The standard InChI is InChI=1S/C17H15Cl2N3O2/c1-10-14(17(23)22-7-5-11(9-20)6-8-22)16(21-24-10)15-12(18)3-2-4-13(15)19/h2-4,11H,5-8H2,1H3. The van der Waals surface area contributed by atoms with Crippen LogP contribution in [0.2, 0.25) is 10.0 Å². The quantitative estimate of drug-likeness (QED) is 0.795. The van der Waals surface area contributed by atoms with Gasteiger partial charge in [-0.15, -0.1) is 0 Å². The molecule has 0 atom stereocenters. The van der Waals surface area contributed by atoms with E-state index in [0.29, 0.717) is 58.6 Å². The first-order valence-electron chi connectivity index (χ1n) is 7.62. The predicted molar refractivity (Wildman–Crippen MR) is 90.9 cm³/mol. The summed E-state index contributed by atoms with van der Waals surface area (Å²) < 4.78 is 5.25. The van der Waals surface area contributed by atoms with Crippen molar-refractivity contribution in [2.45, 2.75) is 19.8 Å². The van der Waals surface area contributed by atoms with Gasteiger partial charge in [-0.3, -0.25) is 4.79 Å². The second-order valence-corrected chi connectivity index (χ2v) is 6.57. The molecule has 1 amide bonds. The van der Waals surface area contributed by atoms with Crippen molar-refractivity contribution in [1.82, 2.24) is 10.1 Å². The summed E-state index contributed by atoms with van der Waals surface area (Å²) in [5.41, 5.74) is 1.23. The molecule has 0 bridgehead atoms. The Hall–Kier alpha value is -2.03. The Kier molecular flexibility index (Phi) is 4.79. The van der Waals surface area contributed by atoms with Gasteiger partial charge in [0.25, 0.3) is 5.91 Å². The van der Waals surface area contributed by atoms with Crippen LogP contribution in [0.15, 0.2) is 22.7 Å². The van der Waals surface area contributed by atoms with Crippen LogP contribution in [0.3, 0.4) is 0 Å². The zero-order chi connectivity index (χ0) is 17.3. The van der Waals surface area contributed by atoms with Crippen LogP contribution < -0.4 is 0 Å². The minimum atomic E-state index is -0.170. The summed E-state index contributed by atoms with van der Waals surface area (Å²) in [7, 11) is 0. The lowest BCUT2D eigenvalue weighted by Gasteiger charge is -2.29. The van der Waals surface area contributed by atoms with Crippen molar-refractivity contribution in [1.29, 1.82) is 5.26 Å². The fourth-order valence-corrected chi connectivity index (χ4v) is 3.46. The summed E-state index contributed by atoms with van der Waals surface area (Å²) >= 11 is 12.5. The highest BCUT2D eigenvalue weighted by Crippen LogP contribution is 2.37. The lowest BCUT2D eigenvalue weighted by molar-refractivity contribution is 0.0706. The van der Waals surface area contributed by atoms with Gasteiger partial charge < -0.3 is 9.42 Å². The van der Waals surface area contributed by atoms with Gasteiger partial charge in [0.15, 0.2) is 0 Å². The summed E-state index contributed by atoms with van der Waals surface area (Å²) in [6, 6.07) is 7.38. The van der Waals surface area contributed by atoms with Crippen molar-refractivity contribution >= 4 is 29.1 Å². The van der Waals surface area contributed by atoms with Crippen LogP contribution in [0.5, 0.6) is 0 Å². The zero-order valence-corrected chi connectivity index (χ0v) is 14.6. The van der Waals surface area contributed by atoms with Gasteiger partial charge in [0, 0.05) is 24.6 Å². The average molecular weight is 364 g/mol. The molecule has 1 aromatic carbocycles. The average Bonchev–Trinajstić information content (AvgIpc) is 2.95. The van der Waals surface area contributed by atoms with Gasteiger partial charge in [0.1, 0.15) is 17.0 Å². The lowest BCUT2D eigenvalue weighted by Crippen LogP contribution is -2.38. The Bertz CT molecular complexity index is 797. The van der Waals surface area contributed by atoms with E-state index < -0.39 is 0 Å². The van der Waals surface area contributed by atoms with E-state index in [1.165, 1.54) is 0 Å². The van der Waals surface area contributed by atoms with E-state index in [-0.39, 0.29) is 11.8 Å². The van der Waals surface area contributed by atoms with Crippen molar-refractivity contribution < 1.29 is 9.32 Å². The maximum atomic E-state index is 13.0. The largest absolute Gasteiger partial charge is 0.360 e. The normalized spacial score (nSPS) is 15.3. The van der Waals surface area contributed by atoms with E-state index in [1.54, 1.807) is 30.0 Å². The molecule has 3 rings (SSSR count). The Labute approximate surface area is 149 Å². The van der Waals surface area contributed by atoms with Crippen molar-refractivity contribution in [2.75, 3.05) is 13.1 Å². The monoisotopic (exact) mass is 363 g/mol. The van der Waals surface area contributed by atoms with Gasteiger partial charge >= 0.3 is 0 Å². The highest BCUT2D eigenvalue weighted by Gasteiger charge is 2.30. The first-order chi connectivity index (χ1) is 11.5. The number of likely N-dealkylation sites (tertiary alicyclic amines) is 1. The summed E-state index contributed by atoms with van der Waals surface area (Å²) in [5.74, 6) is 0.264. The number of benzene rings is 1. The van der Waals surface area contributed by atoms with E-state index in [1.807, 2.05) is 0 Å². The van der Waals surface area contributed by atoms with Crippen LogP contribution in [0.4, 0.5) is 0 Å². The van der Waals surface area contributed by atoms with E-state index in [4.69, 9.17) is 33.0 Å². The first-order valence-corrected chi connectivity index (χ1v) is 8.38. The molecule has 24 heavy (non-hydrogen) atoms. The lowest BCUT2D eigenvalue weighted by atomic mass is 9.97. The van der Waals surface area contributed by atoms with Crippen LogP contribution in [0.25, 0.3) is 11.3 Å². The topological polar surface area (TPSA) is 70.1 Å². The highest BCUT2D eigenvalue weighted by atomic mass is 35.5. The summed E-state index contributed by atoms with van der Waals surface area (Å²) in [4.78, 5) is 14.7. The number of amides is 1. The van der Waals surface area contributed by atoms with E-state index in [9.17, 15) is 4.79 Å². The molecule has 2 heterocycles. The van der Waals surface area contributed by atoms with Gasteiger partial charge in [-0.05, 0) is 31.9 Å². The molecule has 0 N–H and O–H groups in total. The molecule has 1 fully saturated rings. The predicted octanol–water partition coefficient (Wildman–Crippen LogP) is 4.33. The van der Waals surface area contributed by atoms with Gasteiger partial charge in [-0.1, -0.05) is 34.4 Å². The fourth-order valence-electron chi connectivity index (χ4n) is 2.89. The molecular weight excluding hydrogens is 349 g/mol. The zero-order valence-electron chi connectivity index (χ0n) is 13.1. The molecule has 1 aromatic heterocycles. The molecule has 7 heteroatoms. The number of hydrogen-bond acceptors (Lipinski definition) is 4. The molecule has 0 unspecified atom stereocenters. The third kappa shape index (κ3) is 3.00. The summed E-state index contributed by atoms with van der Waals surface area (Å²) in [5, 5.41) is 13.8. The van der Waals surface area contributed by atoms with Crippen LogP contribution in [-0.2, 0) is 0 Å². The fraction of sp³-hybridized carbons (Fsp3) is 0.353. The SMILES string of the molecule is Cc1onc(-c2c(Cl)cccc2Cl)c1C(=O)N1CCC(C#N)CC1. The Balaban J connectivity index is 1.97. The van der Waals surface area contributed by atoms with Crippen molar-refractivity contribution in [3.8, 4) is 17.3 Å². The number of aromatic nitrogens is 1. The molecule has 2 aromatic rings. The smallest absolute Gasteiger partial charge is 0.259 e. The number of nitriles is 1. The molecule has 0 radical (unpaired) electrons. The third-order valence-electron chi connectivity index (χ3n) is 4.24. The molecule has 0 spiro atoms. The van der Waals surface area contributed by atoms with E-state index in [2.05, 4.69) is 11.2 Å². The second-order valence-electron chi connectivity index (χ2n) is 5.75. The number of piperidine rings is 1. The molecule has 1 aliphatic rings. The first kappa shape index (κ1) is 16.8. The van der Waals surface area contributed by atoms with Gasteiger partial charge in [0.2, 0.25) is 0 Å². The van der Waals surface area contributed by atoms with E-state index in [0.717, 1.165) is 0 Å². The highest BCUT2D eigenvalue weighted by molar-refractivity contribution is 6.39. The molecule has 124 valence electrons. The third-order valence-corrected chi connectivity index (χ3v) is 4.87. The van der Waals surface area contributed by atoms with Gasteiger partial charge in [-0.2, -0.15) is 5.26 Å². The molecular formula is C17H15Cl2N3O2. The number of halogens is 2. The van der Waals surface area contributed by atoms with Crippen LogP contribution in [0, 0.1) is 24.2 Å². The van der Waals surface area contributed by atoms with Crippen LogP contribution >= 0.6 is 23.2 Å². The number of nitrogens with zero attached hydrogens (tertiary/aromatic N) is 3. The Morgan fingerprint density at radius 3 is 2.54 bits per heavy atom. The maximum Gasteiger partial charge on any atom is 0.259 e. The summed E-state index contributed by atoms with van der Waals surface area (Å²) in [6.07, 6.45) is 1.35. The number of carbonyl (C=O) groups is 1. The molecule has 5 nitrogen and oxygen atoms in total. The number of hydrogen-bond donors (Lipinski definition) is 0. The van der Waals surface area contributed by atoms with Crippen molar-refractivity contribution in [3.63, 3.8) is 0 Å². The second kappa shape index (κ2) is 6.84. The molecule has 1 aliphatic heterocycles. The van der Waals surface area contributed by atoms with Crippen molar-refractivity contribution in [3.05, 3.63) is 39.6 Å². The minimum absolute atomic E-state index is 0.00936. The molecule has 0 saturated carbocycles.